The van der Waals surface area contributed by atoms with E-state index in [0.717, 1.165) is 0 Å². The van der Waals surface area contributed by atoms with Crippen molar-refractivity contribution in [1.82, 2.24) is 5.32 Å². The molecule has 0 spiro atoms. The minimum absolute atomic E-state index is 0.0403. The molecule has 0 saturated carbocycles. The van der Waals surface area contributed by atoms with Crippen LogP contribution in [0.3, 0.4) is 0 Å². The lowest BCUT2D eigenvalue weighted by molar-refractivity contribution is 0.0516. The van der Waals surface area contributed by atoms with Crippen molar-refractivity contribution < 1.29 is 9.53 Å². The van der Waals surface area contributed by atoms with Crippen molar-refractivity contribution >= 4 is 11.9 Å². The average Bonchev–Trinajstić information content (AvgIpc) is 1.97. The van der Waals surface area contributed by atoms with E-state index in [-0.39, 0.29) is 12.4 Å². The van der Waals surface area contributed by atoms with Crippen molar-refractivity contribution in [3.63, 3.8) is 0 Å². The van der Waals surface area contributed by atoms with Crippen molar-refractivity contribution in [3.05, 3.63) is 0 Å². The summed E-state index contributed by atoms with van der Waals surface area (Å²) >= 11 is 0. The number of hydrogen-bond acceptors (Lipinski definition) is 3. The van der Waals surface area contributed by atoms with Crippen LogP contribution in [0.5, 0.6) is 0 Å². The summed E-state index contributed by atoms with van der Waals surface area (Å²) in [5, 5.41) is 9.89. The highest BCUT2D eigenvalue weighted by molar-refractivity contribution is 5.83. The highest BCUT2D eigenvalue weighted by atomic mass is 16.6. The number of alkyl carbamates (subject to hydrolysis) is 1. The standard InChI is InChI=1S/C10H21N3O2/c1-9(2,3)15-8(14)13-6-10(4,5)7(11)12/h6H2,1-5H3,(H3,11,12)(H,13,14). The van der Waals surface area contributed by atoms with Crippen LogP contribution in [0.25, 0.3) is 0 Å². The molecule has 0 rings (SSSR count). The zero-order valence-corrected chi connectivity index (χ0v) is 10.1. The van der Waals surface area contributed by atoms with Crippen LogP contribution in [0.2, 0.25) is 0 Å². The molecule has 5 nitrogen and oxygen atoms in total. The largest absolute Gasteiger partial charge is 0.444 e. The van der Waals surface area contributed by atoms with Gasteiger partial charge in [-0.25, -0.2) is 4.79 Å². The summed E-state index contributed by atoms with van der Waals surface area (Å²) in [5.41, 5.74) is 4.32. The number of carbonyl (C=O) groups excluding carboxylic acids is 1. The zero-order chi connectivity index (χ0) is 12.3. The van der Waals surface area contributed by atoms with Crippen molar-refractivity contribution in [1.29, 1.82) is 5.41 Å². The highest BCUT2D eigenvalue weighted by Crippen LogP contribution is 2.13. The van der Waals surface area contributed by atoms with Crippen molar-refractivity contribution in [2.45, 2.75) is 40.2 Å². The van der Waals surface area contributed by atoms with Gasteiger partial charge in [0, 0.05) is 12.0 Å². The molecule has 4 N–H and O–H groups in total. The molecule has 5 heteroatoms. The fraction of sp³-hybridized carbons (Fsp3) is 0.800. The number of nitrogens with two attached hydrogens (primary N) is 1. The molecule has 0 aromatic heterocycles. The molecule has 88 valence electrons. The first-order chi connectivity index (χ1) is 6.54. The van der Waals surface area contributed by atoms with Crippen LogP contribution in [0.4, 0.5) is 4.79 Å². The first-order valence-corrected chi connectivity index (χ1v) is 4.86. The van der Waals surface area contributed by atoms with E-state index in [1.54, 1.807) is 34.6 Å². The molecule has 0 bridgehead atoms. The lowest BCUT2D eigenvalue weighted by Crippen LogP contribution is -2.43. The van der Waals surface area contributed by atoms with Crippen LogP contribution in [0.15, 0.2) is 0 Å². The summed E-state index contributed by atoms with van der Waals surface area (Å²) in [6.07, 6.45) is -0.489. The van der Waals surface area contributed by atoms with E-state index >= 15 is 0 Å². The summed E-state index contributed by atoms with van der Waals surface area (Å²) in [6, 6.07) is 0. The number of amidine groups is 1. The molecule has 0 heterocycles. The van der Waals surface area contributed by atoms with Crippen LogP contribution >= 0.6 is 0 Å². The van der Waals surface area contributed by atoms with Crippen molar-refractivity contribution in [2.75, 3.05) is 6.54 Å². The smallest absolute Gasteiger partial charge is 0.407 e. The summed E-state index contributed by atoms with van der Waals surface area (Å²) in [6.45, 7) is 9.24. The highest BCUT2D eigenvalue weighted by Gasteiger charge is 2.24. The molecule has 15 heavy (non-hydrogen) atoms. The van der Waals surface area contributed by atoms with E-state index in [9.17, 15) is 4.79 Å². The molecule has 0 aromatic rings. The molecule has 0 radical (unpaired) electrons. The van der Waals surface area contributed by atoms with Crippen LogP contribution in [0, 0.1) is 10.8 Å². The number of ether oxygens (including phenoxy) is 1. The number of carbonyl (C=O) groups is 1. The maximum atomic E-state index is 11.3. The van der Waals surface area contributed by atoms with Gasteiger partial charge in [-0.2, -0.15) is 0 Å². The van der Waals surface area contributed by atoms with Crippen molar-refractivity contribution in [3.8, 4) is 0 Å². The van der Waals surface area contributed by atoms with Gasteiger partial charge in [-0.05, 0) is 20.8 Å². The minimum atomic E-state index is -0.545. The van der Waals surface area contributed by atoms with Crippen molar-refractivity contribution in [2.24, 2.45) is 11.1 Å². The van der Waals surface area contributed by atoms with E-state index in [1.165, 1.54) is 0 Å². The summed E-state index contributed by atoms with van der Waals surface area (Å²) in [4.78, 5) is 11.3. The first kappa shape index (κ1) is 13.7. The Balaban J connectivity index is 4.07. The number of hydrogen-bond donors (Lipinski definition) is 3. The van der Waals surface area contributed by atoms with E-state index in [0.29, 0.717) is 0 Å². The Morgan fingerprint density at radius 3 is 2.13 bits per heavy atom. The normalized spacial score (nSPS) is 12.1. The molecule has 0 aliphatic rings. The Morgan fingerprint density at radius 2 is 1.80 bits per heavy atom. The number of rotatable bonds is 3. The molecule has 0 unspecified atom stereocenters. The Hall–Kier alpha value is -1.26. The minimum Gasteiger partial charge on any atom is -0.444 e. The maximum Gasteiger partial charge on any atom is 0.407 e. The van der Waals surface area contributed by atoms with Gasteiger partial charge in [0.2, 0.25) is 0 Å². The predicted molar refractivity (Wildman–Crippen MR) is 59.9 cm³/mol. The van der Waals surface area contributed by atoms with Gasteiger partial charge in [0.1, 0.15) is 5.60 Å². The lowest BCUT2D eigenvalue weighted by Gasteiger charge is -2.25. The summed E-state index contributed by atoms with van der Waals surface area (Å²) in [7, 11) is 0. The molecular formula is C10H21N3O2. The third-order valence-electron chi connectivity index (χ3n) is 1.80. The molecular weight excluding hydrogens is 194 g/mol. The van der Waals surface area contributed by atoms with Gasteiger partial charge >= 0.3 is 6.09 Å². The zero-order valence-electron chi connectivity index (χ0n) is 10.1. The Bertz CT molecular complexity index is 254. The second-order valence-corrected chi connectivity index (χ2v) is 5.15. The van der Waals surface area contributed by atoms with Gasteiger partial charge in [0.15, 0.2) is 0 Å². The summed E-state index contributed by atoms with van der Waals surface area (Å²) < 4.78 is 5.05. The van der Waals surface area contributed by atoms with E-state index in [4.69, 9.17) is 15.9 Å². The van der Waals surface area contributed by atoms with Crippen LogP contribution in [0.1, 0.15) is 34.6 Å². The molecule has 0 fully saturated rings. The predicted octanol–water partition coefficient (Wildman–Crippen LogP) is 1.47. The monoisotopic (exact) mass is 215 g/mol. The maximum absolute atomic E-state index is 11.3. The summed E-state index contributed by atoms with van der Waals surface area (Å²) in [5.74, 6) is 0.0403. The lowest BCUT2D eigenvalue weighted by atomic mass is 9.92. The topological polar surface area (TPSA) is 88.2 Å². The second-order valence-electron chi connectivity index (χ2n) is 5.15. The molecule has 0 aromatic carbocycles. The van der Waals surface area contributed by atoms with Crippen LogP contribution in [-0.2, 0) is 4.74 Å². The molecule has 1 amide bonds. The molecule has 0 saturated heterocycles. The fourth-order valence-corrected chi connectivity index (χ4v) is 0.703. The molecule has 0 atom stereocenters. The average molecular weight is 215 g/mol. The Morgan fingerprint density at radius 1 is 1.33 bits per heavy atom. The second kappa shape index (κ2) is 4.51. The van der Waals surface area contributed by atoms with E-state index in [2.05, 4.69) is 5.32 Å². The van der Waals surface area contributed by atoms with Gasteiger partial charge in [-0.15, -0.1) is 0 Å². The third-order valence-corrected chi connectivity index (χ3v) is 1.80. The van der Waals surface area contributed by atoms with Gasteiger partial charge in [-0.3, -0.25) is 5.41 Å². The van der Waals surface area contributed by atoms with Gasteiger partial charge in [0.05, 0.1) is 5.84 Å². The Kier molecular flexibility index (Phi) is 4.13. The SMILES string of the molecule is CC(C)(C)OC(=O)NCC(C)(C)C(=N)N. The number of nitrogens with one attached hydrogen (secondary N) is 2. The third kappa shape index (κ3) is 5.93. The van der Waals surface area contributed by atoms with Crippen LogP contribution in [-0.4, -0.2) is 24.1 Å². The molecule has 0 aliphatic carbocycles. The van der Waals surface area contributed by atoms with E-state index in [1.807, 2.05) is 0 Å². The van der Waals surface area contributed by atoms with Gasteiger partial charge in [0.25, 0.3) is 0 Å². The number of amides is 1. The quantitative estimate of drug-likeness (QED) is 0.492. The van der Waals surface area contributed by atoms with Gasteiger partial charge in [-0.1, -0.05) is 13.8 Å². The Labute approximate surface area is 90.9 Å². The first-order valence-electron chi connectivity index (χ1n) is 4.86. The van der Waals surface area contributed by atoms with Gasteiger partial charge < -0.3 is 15.8 Å². The fourth-order valence-electron chi connectivity index (χ4n) is 0.703. The molecule has 0 aliphatic heterocycles. The van der Waals surface area contributed by atoms with Crippen LogP contribution < -0.4 is 11.1 Å². The van der Waals surface area contributed by atoms with E-state index < -0.39 is 17.1 Å².